The molecule has 0 aromatic heterocycles. The van der Waals surface area contributed by atoms with Crippen LogP contribution < -0.4 is 0 Å². The largest absolute Gasteiger partial charge is 0.429 e. The zero-order valence-electron chi connectivity index (χ0n) is 24.8. The van der Waals surface area contributed by atoms with Crippen LogP contribution in [0.1, 0.15) is 101 Å². The van der Waals surface area contributed by atoms with Gasteiger partial charge in [0.05, 0.1) is 25.1 Å². The molecule has 3 unspecified atom stereocenters. The fourth-order valence-corrected chi connectivity index (χ4v) is 7.18. The Balaban J connectivity index is 0.000000750. The predicted molar refractivity (Wildman–Crippen MR) is 151 cm³/mol. The molecule has 6 heteroatoms. The number of rotatable bonds is 11. The Morgan fingerprint density at radius 3 is 1.86 bits per heavy atom. The normalized spacial score (nSPS) is 15.9. The molecule has 204 valence electrons. The van der Waals surface area contributed by atoms with E-state index >= 15 is 0 Å². The molecular formula is C29H54NO4P. The summed E-state index contributed by atoms with van der Waals surface area (Å²) >= 11 is 0. The molecule has 0 radical (unpaired) electrons. The van der Waals surface area contributed by atoms with Gasteiger partial charge in [0.2, 0.25) is 0 Å². The standard InChI is InChI=1S/C17H36NO3P.C12H18O/c1-12-20-22(19,21-14(4)5)15(16(6,7)8)18(13(2)3)17(9,10)11;1-10(2)13-9-11(3)12-7-5-4-6-8-12/h13,15H,4,12H2,1-3,5-11H3;4-8,10-11H,9H2,1-3H3. The van der Waals surface area contributed by atoms with E-state index in [9.17, 15) is 4.57 Å². The van der Waals surface area contributed by atoms with Crippen molar-refractivity contribution in [2.45, 2.75) is 119 Å². The average molecular weight is 512 g/mol. The van der Waals surface area contributed by atoms with Crippen molar-refractivity contribution < 1.29 is 18.3 Å². The monoisotopic (exact) mass is 511 g/mol. The van der Waals surface area contributed by atoms with Gasteiger partial charge in [-0.3, -0.25) is 9.42 Å². The molecule has 0 fully saturated rings. The highest BCUT2D eigenvalue weighted by molar-refractivity contribution is 7.54. The number of allylic oxidation sites excluding steroid dienone is 1. The maximum absolute atomic E-state index is 13.6. The highest BCUT2D eigenvalue weighted by Crippen LogP contribution is 2.62. The van der Waals surface area contributed by atoms with Crippen molar-refractivity contribution in [2.24, 2.45) is 5.41 Å². The van der Waals surface area contributed by atoms with Crippen LogP contribution in [0.25, 0.3) is 0 Å². The molecule has 3 atom stereocenters. The molecule has 1 rings (SSSR count). The molecule has 1 aromatic carbocycles. The van der Waals surface area contributed by atoms with E-state index in [0.717, 1.165) is 6.61 Å². The number of benzene rings is 1. The SMILES string of the molecule is C=C(C)OP(=O)(OCC)C(N(C(C)C)C(C)(C)C)C(C)(C)C.CC(C)OCC(C)c1ccccc1. The van der Waals surface area contributed by atoms with Gasteiger partial charge in [-0.05, 0) is 73.3 Å². The van der Waals surface area contributed by atoms with Gasteiger partial charge in [0, 0.05) is 17.5 Å². The van der Waals surface area contributed by atoms with E-state index in [1.54, 1.807) is 6.92 Å². The molecule has 0 spiro atoms. The van der Waals surface area contributed by atoms with Crippen LogP contribution >= 0.6 is 7.60 Å². The topological polar surface area (TPSA) is 48.0 Å². The predicted octanol–water partition coefficient (Wildman–Crippen LogP) is 8.86. The summed E-state index contributed by atoms with van der Waals surface area (Å²) in [5, 5.41) is 0. The van der Waals surface area contributed by atoms with Gasteiger partial charge in [0.15, 0.2) is 0 Å². The zero-order valence-corrected chi connectivity index (χ0v) is 25.7. The lowest BCUT2D eigenvalue weighted by Crippen LogP contribution is -2.56. The summed E-state index contributed by atoms with van der Waals surface area (Å²) in [4.78, 5) is 2.24. The van der Waals surface area contributed by atoms with Gasteiger partial charge in [-0.1, -0.05) is 64.6 Å². The Morgan fingerprint density at radius 2 is 1.51 bits per heavy atom. The summed E-state index contributed by atoms with van der Waals surface area (Å²) in [5.74, 6) is 0.545. The summed E-state index contributed by atoms with van der Waals surface area (Å²) < 4.78 is 30.6. The van der Waals surface area contributed by atoms with Crippen molar-refractivity contribution in [2.75, 3.05) is 13.2 Å². The second-order valence-corrected chi connectivity index (χ2v) is 13.9. The van der Waals surface area contributed by atoms with E-state index in [4.69, 9.17) is 13.8 Å². The van der Waals surface area contributed by atoms with Crippen molar-refractivity contribution in [3.63, 3.8) is 0 Å². The Hall–Kier alpha value is -1.13. The van der Waals surface area contributed by atoms with E-state index in [-0.39, 0.29) is 22.8 Å². The van der Waals surface area contributed by atoms with Crippen molar-refractivity contribution in [3.8, 4) is 0 Å². The van der Waals surface area contributed by atoms with Crippen molar-refractivity contribution in [1.29, 1.82) is 0 Å². The van der Waals surface area contributed by atoms with E-state index < -0.39 is 7.60 Å². The molecule has 0 aliphatic rings. The van der Waals surface area contributed by atoms with Gasteiger partial charge < -0.3 is 9.26 Å². The Labute approximate surface area is 217 Å². The van der Waals surface area contributed by atoms with Crippen molar-refractivity contribution in [1.82, 2.24) is 4.90 Å². The lowest BCUT2D eigenvalue weighted by Gasteiger charge is -2.50. The third-order valence-electron chi connectivity index (χ3n) is 5.31. The van der Waals surface area contributed by atoms with Crippen LogP contribution in [-0.4, -0.2) is 41.6 Å². The van der Waals surface area contributed by atoms with E-state index in [2.05, 4.69) is 112 Å². The summed E-state index contributed by atoms with van der Waals surface area (Å²) in [6.45, 7) is 31.6. The molecule has 0 aliphatic carbocycles. The van der Waals surface area contributed by atoms with Crippen LogP contribution in [-0.2, 0) is 18.3 Å². The molecule has 0 heterocycles. The highest BCUT2D eigenvalue weighted by Gasteiger charge is 2.51. The summed E-state index contributed by atoms with van der Waals surface area (Å²) in [6, 6.07) is 10.7. The fraction of sp³-hybridized carbons (Fsp3) is 0.724. The number of ether oxygens (including phenoxy) is 1. The Morgan fingerprint density at radius 1 is 1.00 bits per heavy atom. The summed E-state index contributed by atoms with van der Waals surface area (Å²) in [7, 11) is -3.39. The first-order chi connectivity index (χ1) is 15.9. The minimum Gasteiger partial charge on any atom is -0.429 e. The maximum Gasteiger partial charge on any atom is 0.396 e. The average Bonchev–Trinajstić information content (AvgIpc) is 2.68. The second kappa shape index (κ2) is 14.6. The highest BCUT2D eigenvalue weighted by atomic mass is 31.2. The van der Waals surface area contributed by atoms with Crippen molar-refractivity contribution >= 4 is 7.60 Å². The lowest BCUT2D eigenvalue weighted by molar-refractivity contribution is 0.0185. The molecule has 0 bridgehead atoms. The number of nitrogens with zero attached hydrogens (tertiary/aromatic N) is 1. The molecule has 35 heavy (non-hydrogen) atoms. The molecule has 5 nitrogen and oxygen atoms in total. The maximum atomic E-state index is 13.6. The minimum atomic E-state index is -3.39. The smallest absolute Gasteiger partial charge is 0.396 e. The fourth-order valence-electron chi connectivity index (χ4n) is 4.23. The minimum absolute atomic E-state index is 0.169. The van der Waals surface area contributed by atoms with Gasteiger partial charge >= 0.3 is 7.60 Å². The second-order valence-electron chi connectivity index (χ2n) is 11.9. The lowest BCUT2D eigenvalue weighted by atomic mass is 9.91. The van der Waals surface area contributed by atoms with Gasteiger partial charge in [-0.2, -0.15) is 0 Å². The number of hydrogen-bond acceptors (Lipinski definition) is 5. The summed E-state index contributed by atoms with van der Waals surface area (Å²) in [6.07, 6.45) is 0.325. The Kier molecular flexibility index (Phi) is 14.1. The van der Waals surface area contributed by atoms with E-state index in [1.807, 2.05) is 13.0 Å². The van der Waals surface area contributed by atoms with Crippen LogP contribution in [0.3, 0.4) is 0 Å². The third kappa shape index (κ3) is 12.1. The van der Waals surface area contributed by atoms with Crippen LogP contribution in [0.2, 0.25) is 0 Å². The molecule has 0 aliphatic heterocycles. The molecule has 0 N–H and O–H groups in total. The van der Waals surface area contributed by atoms with Crippen molar-refractivity contribution in [3.05, 3.63) is 48.2 Å². The van der Waals surface area contributed by atoms with Gasteiger partial charge in [-0.15, -0.1) is 0 Å². The first kappa shape index (κ1) is 33.9. The van der Waals surface area contributed by atoms with Crippen LogP contribution in [0.4, 0.5) is 0 Å². The van der Waals surface area contributed by atoms with E-state index in [1.165, 1.54) is 5.56 Å². The molecular weight excluding hydrogens is 457 g/mol. The molecule has 1 aromatic rings. The van der Waals surface area contributed by atoms with Crippen LogP contribution in [0.5, 0.6) is 0 Å². The van der Waals surface area contributed by atoms with Crippen LogP contribution in [0, 0.1) is 5.41 Å². The Bertz CT molecular complexity index is 778. The van der Waals surface area contributed by atoms with Crippen LogP contribution in [0.15, 0.2) is 42.7 Å². The molecule has 0 saturated carbocycles. The van der Waals surface area contributed by atoms with Gasteiger partial charge in [-0.25, -0.2) is 4.57 Å². The molecule has 0 saturated heterocycles. The van der Waals surface area contributed by atoms with E-state index in [0.29, 0.717) is 24.4 Å². The first-order valence-corrected chi connectivity index (χ1v) is 14.5. The number of hydrogen-bond donors (Lipinski definition) is 0. The van der Waals surface area contributed by atoms with Gasteiger partial charge in [0.1, 0.15) is 5.78 Å². The quantitative estimate of drug-likeness (QED) is 0.219. The summed E-state index contributed by atoms with van der Waals surface area (Å²) in [5.41, 5.74) is 0.901. The third-order valence-corrected chi connectivity index (χ3v) is 8.12. The zero-order chi connectivity index (χ0) is 27.6. The first-order valence-electron chi connectivity index (χ1n) is 12.9. The molecule has 0 amide bonds. The van der Waals surface area contributed by atoms with Gasteiger partial charge in [0.25, 0.3) is 0 Å².